The van der Waals surface area contributed by atoms with Crippen LogP contribution in [0.15, 0.2) is 22.7 Å². The lowest BCUT2D eigenvalue weighted by Gasteiger charge is -2.21. The molecule has 2 N–H and O–H groups in total. The molecule has 2 aliphatic rings. The SMILES string of the molecule is NC1CCN2c3c(Br)cccc3CC12. The fourth-order valence-electron chi connectivity index (χ4n) is 2.69. The van der Waals surface area contributed by atoms with E-state index in [0.717, 1.165) is 19.4 Å². The Kier molecular flexibility index (Phi) is 1.86. The molecule has 2 unspecified atom stereocenters. The molecule has 1 aromatic carbocycles. The Morgan fingerprint density at radius 1 is 1.43 bits per heavy atom. The van der Waals surface area contributed by atoms with Crippen LogP contribution < -0.4 is 10.6 Å². The molecule has 0 spiro atoms. The summed E-state index contributed by atoms with van der Waals surface area (Å²) in [7, 11) is 0. The third-order valence-electron chi connectivity index (χ3n) is 3.38. The molecule has 0 saturated carbocycles. The van der Waals surface area contributed by atoms with E-state index < -0.39 is 0 Å². The van der Waals surface area contributed by atoms with E-state index in [4.69, 9.17) is 5.73 Å². The van der Waals surface area contributed by atoms with Crippen LogP contribution in [0.4, 0.5) is 5.69 Å². The molecule has 1 aromatic rings. The Balaban J connectivity index is 2.09. The topological polar surface area (TPSA) is 29.3 Å². The summed E-state index contributed by atoms with van der Waals surface area (Å²) in [4.78, 5) is 2.46. The molecule has 0 bridgehead atoms. The van der Waals surface area contributed by atoms with Crippen LogP contribution in [0.5, 0.6) is 0 Å². The number of benzene rings is 1. The molecule has 14 heavy (non-hydrogen) atoms. The number of nitrogens with zero attached hydrogens (tertiary/aromatic N) is 1. The van der Waals surface area contributed by atoms with Crippen molar-refractivity contribution < 1.29 is 0 Å². The normalized spacial score (nSPS) is 29.1. The first-order valence-corrected chi connectivity index (χ1v) is 5.86. The summed E-state index contributed by atoms with van der Waals surface area (Å²) in [6.07, 6.45) is 2.25. The van der Waals surface area contributed by atoms with Gasteiger partial charge in [0.1, 0.15) is 0 Å². The number of anilines is 1. The lowest BCUT2D eigenvalue weighted by molar-refractivity contribution is 0.600. The number of fused-ring (bicyclic) bond motifs is 3. The highest BCUT2D eigenvalue weighted by atomic mass is 79.9. The number of halogens is 1. The van der Waals surface area contributed by atoms with Gasteiger partial charge >= 0.3 is 0 Å². The Hall–Kier alpha value is -0.540. The van der Waals surface area contributed by atoms with Gasteiger partial charge < -0.3 is 10.6 Å². The summed E-state index contributed by atoms with van der Waals surface area (Å²) in [5.74, 6) is 0. The van der Waals surface area contributed by atoms with Crippen molar-refractivity contribution in [2.75, 3.05) is 11.4 Å². The first-order valence-electron chi connectivity index (χ1n) is 5.07. The van der Waals surface area contributed by atoms with E-state index >= 15 is 0 Å². The number of rotatable bonds is 0. The minimum absolute atomic E-state index is 0.356. The molecule has 3 heteroatoms. The smallest absolute Gasteiger partial charge is 0.0547 e. The first-order chi connectivity index (χ1) is 6.77. The maximum atomic E-state index is 6.09. The van der Waals surface area contributed by atoms with Crippen molar-refractivity contribution >= 4 is 21.6 Å². The van der Waals surface area contributed by atoms with Crippen molar-refractivity contribution in [1.29, 1.82) is 0 Å². The van der Waals surface area contributed by atoms with E-state index in [0.29, 0.717) is 12.1 Å². The Morgan fingerprint density at radius 2 is 2.29 bits per heavy atom. The quantitative estimate of drug-likeness (QED) is 0.765. The fraction of sp³-hybridized carbons (Fsp3) is 0.455. The summed E-state index contributed by atoms with van der Waals surface area (Å²) in [6, 6.07) is 7.34. The van der Waals surface area contributed by atoms with E-state index in [1.807, 2.05) is 0 Å². The van der Waals surface area contributed by atoms with E-state index in [1.165, 1.54) is 15.7 Å². The summed E-state index contributed by atoms with van der Waals surface area (Å²) in [5.41, 5.74) is 8.92. The lowest BCUT2D eigenvalue weighted by Crippen LogP contribution is -2.37. The molecule has 2 aliphatic heterocycles. The standard InChI is InChI=1S/C11H13BrN2/c12-8-3-1-2-7-6-10-9(13)4-5-14(10)11(7)8/h1-3,9-10H,4-6,13H2. The van der Waals surface area contributed by atoms with Crippen LogP contribution in [0.1, 0.15) is 12.0 Å². The number of nitrogens with two attached hydrogens (primary N) is 1. The molecule has 1 fully saturated rings. The molecule has 2 heterocycles. The maximum Gasteiger partial charge on any atom is 0.0547 e. The number of para-hydroxylation sites is 1. The zero-order chi connectivity index (χ0) is 9.71. The molecular weight excluding hydrogens is 240 g/mol. The zero-order valence-corrected chi connectivity index (χ0v) is 9.50. The van der Waals surface area contributed by atoms with Crippen molar-refractivity contribution in [2.24, 2.45) is 5.73 Å². The Morgan fingerprint density at radius 3 is 3.14 bits per heavy atom. The average molecular weight is 253 g/mol. The molecule has 3 rings (SSSR count). The van der Waals surface area contributed by atoms with Crippen LogP contribution in [-0.4, -0.2) is 18.6 Å². The van der Waals surface area contributed by atoms with Gasteiger partial charge in [-0.1, -0.05) is 12.1 Å². The second-order valence-corrected chi connectivity index (χ2v) is 5.02. The summed E-state index contributed by atoms with van der Waals surface area (Å²) in [5, 5.41) is 0. The molecule has 2 nitrogen and oxygen atoms in total. The molecular formula is C11H13BrN2. The van der Waals surface area contributed by atoms with Gasteiger partial charge in [-0.25, -0.2) is 0 Å². The third-order valence-corrected chi connectivity index (χ3v) is 4.02. The molecule has 74 valence electrons. The summed E-state index contributed by atoms with van der Waals surface area (Å²) < 4.78 is 1.21. The minimum atomic E-state index is 0.356. The molecule has 0 aromatic heterocycles. The van der Waals surface area contributed by atoms with Crippen LogP contribution in [-0.2, 0) is 6.42 Å². The van der Waals surface area contributed by atoms with Crippen LogP contribution in [0, 0.1) is 0 Å². The van der Waals surface area contributed by atoms with Gasteiger partial charge in [-0.05, 0) is 40.4 Å². The van der Waals surface area contributed by atoms with Crippen LogP contribution in [0.3, 0.4) is 0 Å². The van der Waals surface area contributed by atoms with Crippen molar-refractivity contribution in [3.05, 3.63) is 28.2 Å². The van der Waals surface area contributed by atoms with Crippen molar-refractivity contribution in [3.8, 4) is 0 Å². The lowest BCUT2D eigenvalue weighted by atomic mass is 10.0. The van der Waals surface area contributed by atoms with Crippen LogP contribution in [0.25, 0.3) is 0 Å². The van der Waals surface area contributed by atoms with E-state index in [9.17, 15) is 0 Å². The van der Waals surface area contributed by atoms with Crippen molar-refractivity contribution in [2.45, 2.75) is 24.9 Å². The second-order valence-electron chi connectivity index (χ2n) is 4.16. The highest BCUT2D eigenvalue weighted by Gasteiger charge is 2.38. The molecule has 1 saturated heterocycles. The van der Waals surface area contributed by atoms with Gasteiger partial charge in [0.25, 0.3) is 0 Å². The first kappa shape index (κ1) is 8.74. The van der Waals surface area contributed by atoms with Crippen molar-refractivity contribution in [3.63, 3.8) is 0 Å². The van der Waals surface area contributed by atoms with Gasteiger partial charge in [0.2, 0.25) is 0 Å². The molecule has 2 atom stereocenters. The van der Waals surface area contributed by atoms with E-state index in [-0.39, 0.29) is 0 Å². The maximum absolute atomic E-state index is 6.09. The molecule has 0 radical (unpaired) electrons. The summed E-state index contributed by atoms with van der Waals surface area (Å²) in [6.45, 7) is 1.11. The van der Waals surface area contributed by atoms with Crippen LogP contribution >= 0.6 is 15.9 Å². The highest BCUT2D eigenvalue weighted by Crippen LogP contribution is 2.41. The monoisotopic (exact) mass is 252 g/mol. The van der Waals surface area contributed by atoms with Gasteiger partial charge in [0, 0.05) is 23.1 Å². The molecule has 0 aliphatic carbocycles. The van der Waals surface area contributed by atoms with E-state index in [2.05, 4.69) is 39.0 Å². The highest BCUT2D eigenvalue weighted by molar-refractivity contribution is 9.10. The zero-order valence-electron chi connectivity index (χ0n) is 7.91. The second kappa shape index (κ2) is 2.97. The number of hydrogen-bond donors (Lipinski definition) is 1. The fourth-order valence-corrected chi connectivity index (χ4v) is 3.32. The number of hydrogen-bond acceptors (Lipinski definition) is 2. The van der Waals surface area contributed by atoms with Crippen molar-refractivity contribution in [1.82, 2.24) is 0 Å². The van der Waals surface area contributed by atoms with Gasteiger partial charge in [0.15, 0.2) is 0 Å². The largest absolute Gasteiger partial charge is 0.365 e. The van der Waals surface area contributed by atoms with Crippen LogP contribution in [0.2, 0.25) is 0 Å². The van der Waals surface area contributed by atoms with Gasteiger partial charge in [-0.2, -0.15) is 0 Å². The van der Waals surface area contributed by atoms with Gasteiger partial charge in [-0.15, -0.1) is 0 Å². The molecule has 0 amide bonds. The van der Waals surface area contributed by atoms with Gasteiger partial charge in [-0.3, -0.25) is 0 Å². The average Bonchev–Trinajstić information content (AvgIpc) is 2.68. The van der Waals surface area contributed by atoms with E-state index in [1.54, 1.807) is 0 Å². The summed E-state index contributed by atoms with van der Waals surface area (Å²) >= 11 is 3.62. The van der Waals surface area contributed by atoms with Gasteiger partial charge in [0.05, 0.1) is 5.69 Å². The predicted octanol–water partition coefficient (Wildman–Crippen LogP) is 1.91. The minimum Gasteiger partial charge on any atom is -0.365 e. The third kappa shape index (κ3) is 1.06. The Labute approximate surface area is 92.2 Å². The Bertz CT molecular complexity index is 378. The predicted molar refractivity (Wildman–Crippen MR) is 61.6 cm³/mol.